The van der Waals surface area contributed by atoms with E-state index in [0.717, 1.165) is 11.1 Å². The van der Waals surface area contributed by atoms with E-state index in [0.29, 0.717) is 37.3 Å². The molecule has 1 atom stereocenters. The fourth-order valence-corrected chi connectivity index (χ4v) is 4.08. The van der Waals surface area contributed by atoms with Crippen LogP contribution in [0.1, 0.15) is 22.2 Å². The Morgan fingerprint density at radius 1 is 1.10 bits per heavy atom. The number of hydrogen-bond acceptors (Lipinski definition) is 5. The largest absolute Gasteiger partial charge is 0.378 e. The molecule has 0 saturated carbocycles. The maximum atomic E-state index is 13.2. The molecule has 3 aromatic rings. The number of carbonyl (C=O) groups excluding carboxylic acids is 1. The number of amides is 1. The van der Waals surface area contributed by atoms with Gasteiger partial charge >= 0.3 is 0 Å². The highest BCUT2D eigenvalue weighted by atomic mass is 32.2. The predicted octanol–water partition coefficient (Wildman–Crippen LogP) is 3.81. The smallest absolute Gasteiger partial charge is 0.240 e. The lowest BCUT2D eigenvalue weighted by atomic mass is 10.1. The minimum atomic E-state index is -0.436. The van der Waals surface area contributed by atoms with Gasteiger partial charge in [0.1, 0.15) is 16.9 Å². The minimum absolute atomic E-state index is 0.0303. The first-order valence-electron chi connectivity index (χ1n) is 9.63. The van der Waals surface area contributed by atoms with E-state index in [4.69, 9.17) is 4.74 Å². The number of H-pyrrole nitrogens is 1. The van der Waals surface area contributed by atoms with Crippen molar-refractivity contribution in [2.45, 2.75) is 10.4 Å². The number of nitrogens with zero attached hydrogens (tertiary/aromatic N) is 3. The van der Waals surface area contributed by atoms with Crippen LogP contribution in [-0.2, 0) is 9.53 Å². The molecule has 0 aliphatic carbocycles. The first-order valence-corrected chi connectivity index (χ1v) is 10.5. The van der Waals surface area contributed by atoms with Crippen LogP contribution in [0.3, 0.4) is 0 Å². The number of thioether (sulfide) groups is 1. The van der Waals surface area contributed by atoms with Crippen molar-refractivity contribution in [3.63, 3.8) is 0 Å². The summed E-state index contributed by atoms with van der Waals surface area (Å²) in [6.45, 7) is 2.28. The molecule has 1 aliphatic rings. The summed E-state index contributed by atoms with van der Waals surface area (Å²) >= 11 is 1.32. The van der Waals surface area contributed by atoms with E-state index >= 15 is 0 Å². The van der Waals surface area contributed by atoms with Gasteiger partial charge in [-0.25, -0.2) is 9.37 Å². The average Bonchev–Trinajstić information content (AvgIpc) is 3.25. The van der Waals surface area contributed by atoms with Gasteiger partial charge < -0.3 is 9.64 Å². The Labute approximate surface area is 178 Å². The number of halogens is 1. The van der Waals surface area contributed by atoms with Crippen LogP contribution >= 0.6 is 11.8 Å². The maximum Gasteiger partial charge on any atom is 0.240 e. The molecule has 1 unspecified atom stereocenters. The summed E-state index contributed by atoms with van der Waals surface area (Å²) < 4.78 is 18.4. The zero-order valence-corrected chi connectivity index (χ0v) is 17.0. The van der Waals surface area contributed by atoms with Gasteiger partial charge in [-0.1, -0.05) is 60.3 Å². The summed E-state index contributed by atoms with van der Waals surface area (Å²) in [5.74, 6) is 0.317. The van der Waals surface area contributed by atoms with Crippen molar-refractivity contribution in [2.24, 2.45) is 0 Å². The van der Waals surface area contributed by atoms with Crippen LogP contribution in [-0.4, -0.2) is 52.3 Å². The first kappa shape index (κ1) is 20.3. The molecule has 1 saturated heterocycles. The van der Waals surface area contributed by atoms with Crippen molar-refractivity contribution >= 4 is 29.8 Å². The second-order valence-corrected chi connectivity index (χ2v) is 7.81. The number of aromatic nitrogens is 3. The molecule has 1 N–H and O–H groups in total. The fourth-order valence-electron chi connectivity index (χ4n) is 3.08. The summed E-state index contributed by atoms with van der Waals surface area (Å²) in [4.78, 5) is 19.5. The highest BCUT2D eigenvalue weighted by molar-refractivity contribution is 8.00. The number of morpholine rings is 1. The first-order chi connectivity index (χ1) is 14.7. The molecule has 6 nitrogen and oxygen atoms in total. The fraction of sp³-hybridized carbons (Fsp3) is 0.227. The van der Waals surface area contributed by atoms with Gasteiger partial charge in [-0.2, -0.15) is 0 Å². The van der Waals surface area contributed by atoms with E-state index in [9.17, 15) is 9.18 Å². The molecule has 8 heteroatoms. The monoisotopic (exact) mass is 424 g/mol. The van der Waals surface area contributed by atoms with Crippen LogP contribution in [0, 0.1) is 5.82 Å². The van der Waals surface area contributed by atoms with E-state index in [1.54, 1.807) is 18.2 Å². The van der Waals surface area contributed by atoms with Crippen LogP contribution < -0.4 is 0 Å². The van der Waals surface area contributed by atoms with Crippen LogP contribution in [0.5, 0.6) is 0 Å². The molecule has 2 aromatic carbocycles. The van der Waals surface area contributed by atoms with Crippen LogP contribution in [0.15, 0.2) is 59.8 Å². The summed E-state index contributed by atoms with van der Waals surface area (Å²) in [6, 6.07) is 15.8. The highest BCUT2D eigenvalue weighted by Crippen LogP contribution is 2.35. The molecule has 2 heterocycles. The van der Waals surface area contributed by atoms with Gasteiger partial charge in [0.05, 0.1) is 13.2 Å². The minimum Gasteiger partial charge on any atom is -0.378 e. The van der Waals surface area contributed by atoms with Gasteiger partial charge in [0, 0.05) is 13.1 Å². The van der Waals surface area contributed by atoms with Crippen LogP contribution in [0.2, 0.25) is 0 Å². The maximum absolute atomic E-state index is 13.2. The van der Waals surface area contributed by atoms with Crippen LogP contribution in [0.25, 0.3) is 12.2 Å². The molecule has 1 aliphatic heterocycles. The Bertz CT molecular complexity index is 1000. The molecule has 1 fully saturated rings. The molecular weight excluding hydrogens is 403 g/mol. The third-order valence-electron chi connectivity index (χ3n) is 4.66. The van der Waals surface area contributed by atoms with Crippen molar-refractivity contribution in [1.82, 2.24) is 20.1 Å². The quantitative estimate of drug-likeness (QED) is 0.610. The summed E-state index contributed by atoms with van der Waals surface area (Å²) in [7, 11) is 0. The average molecular weight is 425 g/mol. The third kappa shape index (κ3) is 5.14. The molecule has 4 rings (SSSR count). The van der Waals surface area contributed by atoms with Crippen molar-refractivity contribution in [2.75, 3.05) is 26.3 Å². The molecular formula is C22H21FN4O2S. The van der Waals surface area contributed by atoms with Crippen molar-refractivity contribution in [3.05, 3.63) is 77.4 Å². The molecule has 0 spiro atoms. The lowest BCUT2D eigenvalue weighted by Crippen LogP contribution is -2.42. The lowest BCUT2D eigenvalue weighted by molar-refractivity contribution is -0.134. The summed E-state index contributed by atoms with van der Waals surface area (Å²) in [5.41, 5.74) is 1.76. The Balaban J connectivity index is 1.50. The van der Waals surface area contributed by atoms with Crippen LogP contribution in [0.4, 0.5) is 4.39 Å². The zero-order valence-electron chi connectivity index (χ0n) is 16.2. The topological polar surface area (TPSA) is 71.1 Å². The van der Waals surface area contributed by atoms with Gasteiger partial charge in [0.2, 0.25) is 11.1 Å². The number of nitrogens with one attached hydrogen (secondary N) is 1. The number of carbonyl (C=O) groups is 1. The summed E-state index contributed by atoms with van der Waals surface area (Å²) in [6.07, 6.45) is 3.59. The second-order valence-electron chi connectivity index (χ2n) is 6.73. The Morgan fingerprint density at radius 2 is 1.83 bits per heavy atom. The van der Waals surface area contributed by atoms with Crippen molar-refractivity contribution in [1.29, 1.82) is 0 Å². The van der Waals surface area contributed by atoms with Crippen molar-refractivity contribution < 1.29 is 13.9 Å². The Kier molecular flexibility index (Phi) is 6.56. The van der Waals surface area contributed by atoms with E-state index in [1.165, 1.54) is 23.9 Å². The number of rotatable bonds is 6. The number of aromatic amines is 1. The van der Waals surface area contributed by atoms with E-state index in [-0.39, 0.29) is 11.7 Å². The number of ether oxygens (including phenoxy) is 1. The molecule has 30 heavy (non-hydrogen) atoms. The van der Waals surface area contributed by atoms with Gasteiger partial charge in [-0.05, 0) is 29.3 Å². The normalized spacial score (nSPS) is 15.4. The summed E-state index contributed by atoms with van der Waals surface area (Å²) in [5, 5.41) is 7.18. The third-order valence-corrected chi connectivity index (χ3v) is 5.76. The number of hydrogen-bond donors (Lipinski definition) is 1. The van der Waals surface area contributed by atoms with Gasteiger partial charge in [-0.15, -0.1) is 5.10 Å². The Morgan fingerprint density at radius 3 is 2.57 bits per heavy atom. The van der Waals surface area contributed by atoms with Gasteiger partial charge in [0.15, 0.2) is 0 Å². The SMILES string of the molecule is O=C(C(Sc1n[nH]c(C=Cc2ccc(F)cc2)n1)c1ccccc1)N1CCOCC1. The predicted molar refractivity (Wildman–Crippen MR) is 114 cm³/mol. The number of benzene rings is 2. The second kappa shape index (κ2) is 9.69. The zero-order chi connectivity index (χ0) is 20.8. The Hall–Kier alpha value is -2.97. The van der Waals surface area contributed by atoms with E-state index in [1.807, 2.05) is 41.3 Å². The molecule has 1 amide bonds. The van der Waals surface area contributed by atoms with Gasteiger partial charge in [-0.3, -0.25) is 9.89 Å². The molecule has 1 aromatic heterocycles. The lowest BCUT2D eigenvalue weighted by Gasteiger charge is -2.30. The highest BCUT2D eigenvalue weighted by Gasteiger charge is 2.29. The van der Waals surface area contributed by atoms with Crippen molar-refractivity contribution in [3.8, 4) is 0 Å². The van der Waals surface area contributed by atoms with E-state index < -0.39 is 5.25 Å². The van der Waals surface area contributed by atoms with Gasteiger partial charge in [0.25, 0.3) is 0 Å². The van der Waals surface area contributed by atoms with E-state index in [2.05, 4.69) is 15.2 Å². The molecule has 0 bridgehead atoms. The molecule has 154 valence electrons. The molecule has 0 radical (unpaired) electrons. The standard InChI is InChI=1S/C22H21FN4O2S/c23-18-9-6-16(7-10-18)8-11-19-24-22(26-25-19)30-20(17-4-2-1-3-5-17)21(28)27-12-14-29-15-13-27/h1-11,20H,12-15H2,(H,24,25,26).